The van der Waals surface area contributed by atoms with Crippen molar-refractivity contribution in [3.8, 4) is 51.7 Å². The van der Waals surface area contributed by atoms with E-state index in [9.17, 15) is 13.6 Å². The summed E-state index contributed by atoms with van der Waals surface area (Å²) in [7, 11) is 1.34. The molecule has 0 aliphatic rings. The Morgan fingerprint density at radius 3 is 2.06 bits per heavy atom. The number of rotatable bonds is 8. The van der Waals surface area contributed by atoms with Gasteiger partial charge in [-0.15, -0.1) is 0 Å². The van der Waals surface area contributed by atoms with Gasteiger partial charge in [0.1, 0.15) is 41.0 Å². The second kappa shape index (κ2) is 17.3. The quantitative estimate of drug-likeness (QED) is 0.147. The van der Waals surface area contributed by atoms with E-state index in [1.807, 2.05) is 31.2 Å². The van der Waals surface area contributed by atoms with Gasteiger partial charge in [0.15, 0.2) is 11.6 Å². The molecule has 6 aromatic heterocycles. The van der Waals surface area contributed by atoms with Gasteiger partial charge in [0.25, 0.3) is 11.4 Å². The van der Waals surface area contributed by atoms with Gasteiger partial charge in [-0.1, -0.05) is 85.9 Å². The Hall–Kier alpha value is -6.62. The number of hydrogen-bond donors (Lipinski definition) is 2. The van der Waals surface area contributed by atoms with Crippen molar-refractivity contribution in [2.75, 3.05) is 7.11 Å². The van der Waals surface area contributed by atoms with Gasteiger partial charge in [0.05, 0.1) is 31.7 Å². The van der Waals surface area contributed by atoms with Gasteiger partial charge >= 0.3 is 0 Å². The second-order valence-electron chi connectivity index (χ2n) is 11.6. The number of aryl methyl sites for hydroxylation is 2. The number of hydrogen-bond acceptors (Lipinski definition) is 11. The van der Waals surface area contributed by atoms with E-state index >= 15 is 0 Å². The summed E-state index contributed by atoms with van der Waals surface area (Å²) >= 11 is 3.38. The van der Waals surface area contributed by atoms with Crippen LogP contribution in [0.25, 0.3) is 45.8 Å². The Morgan fingerprint density at radius 1 is 0.796 bits per heavy atom. The van der Waals surface area contributed by atoms with E-state index in [0.29, 0.717) is 40.7 Å². The molecule has 2 aromatic carbocycles. The minimum absolute atomic E-state index is 0.123. The van der Waals surface area contributed by atoms with Crippen molar-refractivity contribution < 1.29 is 22.6 Å². The number of halogens is 3. The standard InChI is InChI=1S/C18H14FN5O2.C11H8FN5O2.C8H9Br/c1-11-2-4-12(5-3-11)10-24-16(14-6-7-26-23-14)8-15(22-24)17-20-9-13(19)18(25)21-17;1-18-11-6(12)5-13-10(14-11)9-4-8(15-16-9)7-2-3-19-17-7;1-7-2-4-8(6-9)5-3-7/h2-9H,10H2,1H3,(H,20,21,25);2-5H,1H3,(H,15,16);2-5H,6H2,1H3. The summed E-state index contributed by atoms with van der Waals surface area (Å²) in [5.41, 5.74) is 7.42. The zero-order chi connectivity index (χ0) is 38.0. The number of nitrogens with zero attached hydrogens (tertiary/aromatic N) is 8. The van der Waals surface area contributed by atoms with Crippen LogP contribution in [-0.2, 0) is 11.9 Å². The van der Waals surface area contributed by atoms with Crippen molar-refractivity contribution in [1.82, 2.24) is 50.2 Å². The molecule has 2 N–H and O–H groups in total. The fourth-order valence-corrected chi connectivity index (χ4v) is 5.17. The van der Waals surface area contributed by atoms with Crippen LogP contribution in [0, 0.1) is 25.5 Å². The molecule has 0 aliphatic carbocycles. The maximum absolute atomic E-state index is 13.2. The third-order valence-electron chi connectivity index (χ3n) is 7.63. The molecule has 0 fully saturated rings. The number of aromatic nitrogens is 10. The zero-order valence-electron chi connectivity index (χ0n) is 29.0. The predicted molar refractivity (Wildman–Crippen MR) is 197 cm³/mol. The minimum atomic E-state index is -0.940. The first-order valence-electron chi connectivity index (χ1n) is 16.1. The van der Waals surface area contributed by atoms with Crippen LogP contribution in [0.3, 0.4) is 0 Å². The Labute approximate surface area is 314 Å². The van der Waals surface area contributed by atoms with Crippen molar-refractivity contribution in [3.63, 3.8) is 0 Å². The lowest BCUT2D eigenvalue weighted by Gasteiger charge is -2.06. The van der Waals surface area contributed by atoms with Crippen LogP contribution in [-0.4, -0.2) is 57.3 Å². The molecule has 17 heteroatoms. The maximum Gasteiger partial charge on any atom is 0.287 e. The lowest BCUT2D eigenvalue weighted by Crippen LogP contribution is -2.12. The minimum Gasteiger partial charge on any atom is -0.479 e. The predicted octanol–water partition coefficient (Wildman–Crippen LogP) is 7.34. The highest BCUT2D eigenvalue weighted by Gasteiger charge is 2.17. The summed E-state index contributed by atoms with van der Waals surface area (Å²) in [5.74, 6) is -1.22. The summed E-state index contributed by atoms with van der Waals surface area (Å²) in [5, 5.41) is 20.0. The molecule has 274 valence electrons. The SMILES string of the molecule is COc1nc(-c2cc(-c3ccon3)n[nH]2)ncc1F.Cc1ccc(CBr)cc1.Cc1ccc(Cn2nc(-c3ncc(F)c(=O)[nH]3)cc2-c2ccon2)cc1. The Morgan fingerprint density at radius 2 is 1.44 bits per heavy atom. The summed E-state index contributed by atoms with van der Waals surface area (Å²) in [6.07, 6.45) is 4.83. The molecule has 0 amide bonds. The number of alkyl halides is 1. The summed E-state index contributed by atoms with van der Waals surface area (Å²) in [6, 6.07) is 23.4. The Bertz CT molecular complexity index is 2460. The first-order chi connectivity index (χ1) is 26.2. The van der Waals surface area contributed by atoms with Gasteiger partial charge in [0, 0.05) is 17.5 Å². The Kier molecular flexibility index (Phi) is 11.9. The monoisotopic (exact) mass is 796 g/mol. The Balaban J connectivity index is 0.000000155. The van der Waals surface area contributed by atoms with Crippen LogP contribution in [0.15, 0.2) is 112 Å². The molecule has 54 heavy (non-hydrogen) atoms. The van der Waals surface area contributed by atoms with Gasteiger partial charge in [-0.3, -0.25) is 14.6 Å². The van der Waals surface area contributed by atoms with Gasteiger partial charge in [-0.05, 0) is 37.1 Å². The van der Waals surface area contributed by atoms with Crippen LogP contribution < -0.4 is 10.3 Å². The molecule has 0 saturated heterocycles. The van der Waals surface area contributed by atoms with Crippen molar-refractivity contribution in [2.45, 2.75) is 25.7 Å². The molecule has 0 saturated carbocycles. The first-order valence-corrected chi connectivity index (χ1v) is 17.3. The normalized spacial score (nSPS) is 10.6. The third-order valence-corrected chi connectivity index (χ3v) is 8.28. The number of benzene rings is 2. The molecule has 0 bridgehead atoms. The van der Waals surface area contributed by atoms with E-state index in [0.717, 1.165) is 23.3 Å². The van der Waals surface area contributed by atoms with Gasteiger partial charge in [-0.2, -0.15) is 24.0 Å². The second-order valence-corrected chi connectivity index (χ2v) is 12.1. The lowest BCUT2D eigenvalue weighted by atomic mass is 10.1. The van der Waals surface area contributed by atoms with Gasteiger partial charge in [0.2, 0.25) is 11.6 Å². The average molecular weight is 798 g/mol. The van der Waals surface area contributed by atoms with Crippen molar-refractivity contribution in [1.29, 1.82) is 0 Å². The topological polar surface area (TPSA) is 179 Å². The molecule has 0 unspecified atom stereocenters. The maximum atomic E-state index is 13.2. The fourth-order valence-electron chi connectivity index (χ4n) is 4.79. The third kappa shape index (κ3) is 9.23. The van der Waals surface area contributed by atoms with E-state index in [1.54, 1.807) is 28.9 Å². The largest absolute Gasteiger partial charge is 0.479 e. The smallest absolute Gasteiger partial charge is 0.287 e. The number of aromatic amines is 2. The molecule has 8 rings (SSSR count). The highest BCUT2D eigenvalue weighted by Crippen LogP contribution is 2.25. The number of H-pyrrole nitrogens is 2. The zero-order valence-corrected chi connectivity index (χ0v) is 30.6. The van der Waals surface area contributed by atoms with E-state index in [2.05, 4.69) is 92.7 Å². The highest BCUT2D eigenvalue weighted by atomic mass is 79.9. The molecule has 0 spiro atoms. The molecule has 8 aromatic rings. The summed E-state index contributed by atoms with van der Waals surface area (Å²) in [6.45, 7) is 4.61. The fraction of sp³-hybridized carbons (Fsp3) is 0.135. The first kappa shape index (κ1) is 37.1. The van der Waals surface area contributed by atoms with Crippen molar-refractivity contribution in [3.05, 3.63) is 142 Å². The van der Waals surface area contributed by atoms with E-state index < -0.39 is 17.2 Å². The van der Waals surface area contributed by atoms with Crippen LogP contribution in [0.5, 0.6) is 5.88 Å². The molecular weight excluding hydrogens is 766 g/mol. The van der Waals surface area contributed by atoms with Crippen molar-refractivity contribution in [2.24, 2.45) is 0 Å². The van der Waals surface area contributed by atoms with Crippen LogP contribution in [0.4, 0.5) is 8.78 Å². The number of methoxy groups -OCH3 is 1. The number of nitrogens with one attached hydrogen (secondary N) is 2. The van der Waals surface area contributed by atoms with Crippen LogP contribution >= 0.6 is 15.9 Å². The van der Waals surface area contributed by atoms with E-state index in [1.165, 1.54) is 36.3 Å². The molecule has 14 nitrogen and oxygen atoms in total. The lowest BCUT2D eigenvalue weighted by molar-refractivity contribution is 0.367. The van der Waals surface area contributed by atoms with E-state index in [-0.39, 0.29) is 17.5 Å². The van der Waals surface area contributed by atoms with Crippen LogP contribution in [0.1, 0.15) is 22.3 Å². The summed E-state index contributed by atoms with van der Waals surface area (Å²) in [4.78, 5) is 25.6. The van der Waals surface area contributed by atoms with Gasteiger partial charge in [-0.25, -0.2) is 9.97 Å². The molecular formula is C37H31BrF2N10O4. The van der Waals surface area contributed by atoms with Crippen LogP contribution in [0.2, 0.25) is 0 Å². The molecule has 0 atom stereocenters. The van der Waals surface area contributed by atoms with E-state index in [4.69, 9.17) is 13.8 Å². The van der Waals surface area contributed by atoms with Crippen molar-refractivity contribution >= 4 is 15.9 Å². The summed E-state index contributed by atoms with van der Waals surface area (Å²) < 4.78 is 42.6. The molecule has 0 aliphatic heterocycles. The average Bonchev–Trinajstić information content (AvgIpc) is 4.03. The highest BCUT2D eigenvalue weighted by molar-refractivity contribution is 9.08. The number of ether oxygens (including phenoxy) is 1. The molecule has 6 heterocycles. The van der Waals surface area contributed by atoms with Gasteiger partial charge < -0.3 is 18.8 Å². The molecule has 0 radical (unpaired) electrons.